The lowest BCUT2D eigenvalue weighted by atomic mass is 10.2. The number of benzene rings is 2. The van der Waals surface area contributed by atoms with E-state index in [9.17, 15) is 14.0 Å². The van der Waals surface area contributed by atoms with E-state index in [0.29, 0.717) is 22.6 Å². The van der Waals surface area contributed by atoms with Gasteiger partial charge in [0.1, 0.15) is 5.82 Å². The zero-order valence-corrected chi connectivity index (χ0v) is 17.5. The Kier molecular flexibility index (Phi) is 7.00. The van der Waals surface area contributed by atoms with Crippen LogP contribution in [0.5, 0.6) is 0 Å². The number of esters is 1. The summed E-state index contributed by atoms with van der Waals surface area (Å²) in [5.41, 5.74) is 3.86. The summed E-state index contributed by atoms with van der Waals surface area (Å²) in [5.74, 6) is -0.917. The van der Waals surface area contributed by atoms with Gasteiger partial charge in [-0.25, -0.2) is 14.2 Å². The molecule has 1 heterocycles. The third-order valence-electron chi connectivity index (χ3n) is 4.06. The lowest BCUT2D eigenvalue weighted by Gasteiger charge is -2.15. The summed E-state index contributed by atoms with van der Waals surface area (Å²) >= 11 is 2.99. The molecule has 0 aliphatic heterocycles. The van der Waals surface area contributed by atoms with E-state index in [1.807, 2.05) is 17.5 Å². The van der Waals surface area contributed by atoms with Crippen LogP contribution in [0, 0.1) is 12.7 Å². The number of ether oxygens (including phenoxy) is 1. The number of aryl methyl sites for hydroxylation is 1. The molecule has 0 aliphatic carbocycles. The number of hydrogen-bond donors (Lipinski definition) is 1. The van der Waals surface area contributed by atoms with Crippen molar-refractivity contribution in [3.05, 3.63) is 76.0 Å². The highest BCUT2D eigenvalue weighted by Crippen LogP contribution is 2.27. The lowest BCUT2D eigenvalue weighted by molar-refractivity contribution is -0.123. The lowest BCUT2D eigenvalue weighted by Crippen LogP contribution is -2.30. The van der Waals surface area contributed by atoms with Crippen LogP contribution in [0.3, 0.4) is 0 Å². The second kappa shape index (κ2) is 9.67. The molecule has 3 aromatic rings. The zero-order chi connectivity index (χ0) is 20.8. The van der Waals surface area contributed by atoms with Gasteiger partial charge < -0.3 is 10.1 Å². The molecule has 150 valence electrons. The number of rotatable bonds is 7. The highest BCUT2D eigenvalue weighted by Gasteiger charge is 2.21. The maximum atomic E-state index is 13.6. The van der Waals surface area contributed by atoms with E-state index in [2.05, 4.69) is 10.3 Å². The summed E-state index contributed by atoms with van der Waals surface area (Å²) in [6.07, 6.45) is -1.04. The molecular weight excluding hydrogens is 411 g/mol. The Morgan fingerprint density at radius 2 is 2.07 bits per heavy atom. The van der Waals surface area contributed by atoms with Crippen LogP contribution in [0.4, 0.5) is 10.1 Å². The Morgan fingerprint density at radius 1 is 1.28 bits per heavy atom. The van der Waals surface area contributed by atoms with Crippen LogP contribution in [-0.4, -0.2) is 23.0 Å². The fourth-order valence-corrected chi connectivity index (χ4v) is 4.02. The van der Waals surface area contributed by atoms with Crippen molar-refractivity contribution < 1.29 is 18.7 Å². The largest absolute Gasteiger partial charge is 0.449 e. The van der Waals surface area contributed by atoms with Crippen LogP contribution in [0.2, 0.25) is 0 Å². The molecule has 0 spiro atoms. The summed E-state index contributed by atoms with van der Waals surface area (Å²) in [5, 5.41) is 4.51. The fraction of sp³-hybridized carbons (Fsp3) is 0.190. The minimum Gasteiger partial charge on any atom is -0.449 e. The van der Waals surface area contributed by atoms with Gasteiger partial charge in [0.05, 0.1) is 16.8 Å². The highest BCUT2D eigenvalue weighted by atomic mass is 32.2. The number of nitrogens with one attached hydrogen (secondary N) is 1. The van der Waals surface area contributed by atoms with Crippen LogP contribution >= 0.6 is 23.1 Å². The average molecular weight is 431 g/mol. The molecule has 29 heavy (non-hydrogen) atoms. The molecule has 0 aliphatic rings. The SMILES string of the molecule is Cc1ccc(NC(=O)[C@H](C)OC(=O)c2ccccc2SCc2cscn2)cc1F. The summed E-state index contributed by atoms with van der Waals surface area (Å²) in [4.78, 5) is 29.9. The van der Waals surface area contributed by atoms with E-state index in [0.717, 1.165) is 10.6 Å². The molecule has 8 heteroatoms. The summed E-state index contributed by atoms with van der Waals surface area (Å²) < 4.78 is 19.0. The Hall–Kier alpha value is -2.71. The predicted octanol–water partition coefficient (Wildman–Crippen LogP) is 5.07. The quantitative estimate of drug-likeness (QED) is 0.419. The van der Waals surface area contributed by atoms with Gasteiger partial charge >= 0.3 is 5.97 Å². The second-order valence-electron chi connectivity index (χ2n) is 6.27. The normalized spacial score (nSPS) is 11.7. The number of thiazole rings is 1. The number of thioether (sulfide) groups is 1. The van der Waals surface area contributed by atoms with Crippen LogP contribution in [0.1, 0.15) is 28.5 Å². The summed E-state index contributed by atoms with van der Waals surface area (Å²) in [6.45, 7) is 3.11. The van der Waals surface area contributed by atoms with Gasteiger partial charge in [-0.1, -0.05) is 18.2 Å². The van der Waals surface area contributed by atoms with Gasteiger partial charge in [0.15, 0.2) is 6.10 Å². The van der Waals surface area contributed by atoms with E-state index in [-0.39, 0.29) is 0 Å². The van der Waals surface area contributed by atoms with E-state index in [1.165, 1.54) is 36.1 Å². The number of halogens is 1. The number of nitrogens with zero attached hydrogens (tertiary/aromatic N) is 1. The molecule has 0 saturated carbocycles. The Bertz CT molecular complexity index is 1010. The number of carbonyl (C=O) groups excluding carboxylic acids is 2. The number of amides is 1. The maximum Gasteiger partial charge on any atom is 0.340 e. The molecular formula is C21H19FN2O3S2. The first-order valence-corrected chi connectivity index (χ1v) is 10.7. The Labute approximate surface area is 176 Å². The van der Waals surface area contributed by atoms with Crippen molar-refractivity contribution in [3.63, 3.8) is 0 Å². The zero-order valence-electron chi connectivity index (χ0n) is 15.8. The van der Waals surface area contributed by atoms with Crippen LogP contribution in [-0.2, 0) is 15.3 Å². The van der Waals surface area contributed by atoms with Crippen molar-refractivity contribution in [2.45, 2.75) is 30.6 Å². The van der Waals surface area contributed by atoms with Crippen molar-refractivity contribution in [1.29, 1.82) is 0 Å². The second-order valence-corrected chi connectivity index (χ2v) is 8.00. The van der Waals surface area contributed by atoms with Gasteiger partial charge in [-0.05, 0) is 43.7 Å². The molecule has 0 fully saturated rings. The molecule has 2 aromatic carbocycles. The number of carbonyl (C=O) groups is 2. The maximum absolute atomic E-state index is 13.6. The van der Waals surface area contributed by atoms with Crippen molar-refractivity contribution >= 4 is 40.7 Å². The number of hydrogen-bond acceptors (Lipinski definition) is 6. The minimum absolute atomic E-state index is 0.306. The van der Waals surface area contributed by atoms with Gasteiger partial charge in [-0.3, -0.25) is 4.79 Å². The third kappa shape index (κ3) is 5.65. The van der Waals surface area contributed by atoms with Crippen molar-refractivity contribution in [2.75, 3.05) is 5.32 Å². The minimum atomic E-state index is -1.04. The monoisotopic (exact) mass is 430 g/mol. The Balaban J connectivity index is 1.63. The van der Waals surface area contributed by atoms with Gasteiger partial charge in [-0.15, -0.1) is 23.1 Å². The first kappa shape index (κ1) is 21.0. The topological polar surface area (TPSA) is 68.3 Å². The van der Waals surface area contributed by atoms with Gasteiger partial charge in [0, 0.05) is 21.7 Å². The van der Waals surface area contributed by atoms with Crippen molar-refractivity contribution in [1.82, 2.24) is 4.98 Å². The molecule has 0 bridgehead atoms. The average Bonchev–Trinajstić information content (AvgIpc) is 3.23. The van der Waals surface area contributed by atoms with E-state index >= 15 is 0 Å². The Morgan fingerprint density at radius 3 is 2.79 bits per heavy atom. The van der Waals surface area contributed by atoms with Crippen LogP contribution in [0.15, 0.2) is 58.3 Å². The predicted molar refractivity (Wildman–Crippen MR) is 113 cm³/mol. The molecule has 1 atom stereocenters. The molecule has 0 saturated heterocycles. The van der Waals surface area contributed by atoms with Crippen molar-refractivity contribution in [2.24, 2.45) is 0 Å². The summed E-state index contributed by atoms with van der Waals surface area (Å²) in [6, 6.07) is 11.4. The smallest absolute Gasteiger partial charge is 0.340 e. The van der Waals surface area contributed by atoms with Crippen molar-refractivity contribution in [3.8, 4) is 0 Å². The van der Waals surface area contributed by atoms with Gasteiger partial charge in [0.2, 0.25) is 0 Å². The first-order chi connectivity index (χ1) is 13.9. The third-order valence-corrected chi connectivity index (χ3v) is 5.80. The highest BCUT2D eigenvalue weighted by molar-refractivity contribution is 7.98. The van der Waals surface area contributed by atoms with E-state index in [1.54, 1.807) is 36.7 Å². The number of anilines is 1. The molecule has 1 aromatic heterocycles. The standard InChI is InChI=1S/C21H19FN2O3S2/c1-13-7-8-15(9-18(13)22)24-20(25)14(2)27-21(26)17-5-3-4-6-19(17)29-11-16-10-28-12-23-16/h3-10,12,14H,11H2,1-2H3,(H,24,25)/t14-/m0/s1. The molecule has 3 rings (SSSR count). The van der Waals surface area contributed by atoms with Crippen LogP contribution < -0.4 is 5.32 Å². The molecule has 1 N–H and O–H groups in total. The summed E-state index contributed by atoms with van der Waals surface area (Å²) in [7, 11) is 0. The molecule has 0 radical (unpaired) electrons. The van der Waals surface area contributed by atoms with E-state index < -0.39 is 23.8 Å². The molecule has 0 unspecified atom stereocenters. The first-order valence-electron chi connectivity index (χ1n) is 8.81. The molecule has 1 amide bonds. The van der Waals surface area contributed by atoms with Gasteiger partial charge in [0.25, 0.3) is 5.91 Å². The van der Waals surface area contributed by atoms with Crippen LogP contribution in [0.25, 0.3) is 0 Å². The van der Waals surface area contributed by atoms with Gasteiger partial charge in [-0.2, -0.15) is 0 Å². The van der Waals surface area contributed by atoms with E-state index in [4.69, 9.17) is 4.74 Å². The fourth-order valence-electron chi connectivity index (χ4n) is 2.41. The number of aromatic nitrogens is 1. The molecule has 5 nitrogen and oxygen atoms in total.